The van der Waals surface area contributed by atoms with Crippen molar-refractivity contribution in [3.8, 4) is 5.75 Å². The fourth-order valence-corrected chi connectivity index (χ4v) is 5.42. The molecular formula is C27H21N3O4S2. The molecule has 1 fully saturated rings. The molecule has 0 aromatic heterocycles. The van der Waals surface area contributed by atoms with Gasteiger partial charge in [-0.25, -0.2) is 18.5 Å². The summed E-state index contributed by atoms with van der Waals surface area (Å²) >= 11 is 1.25. The Kier molecular flexibility index (Phi) is 6.36. The second kappa shape index (κ2) is 9.62. The number of amidine groups is 1. The Morgan fingerprint density at radius 3 is 2.22 bits per heavy atom. The van der Waals surface area contributed by atoms with E-state index in [4.69, 9.17) is 9.88 Å². The van der Waals surface area contributed by atoms with E-state index in [0.29, 0.717) is 21.4 Å². The predicted octanol–water partition coefficient (Wildman–Crippen LogP) is 5.30. The fourth-order valence-electron chi connectivity index (χ4n) is 3.91. The van der Waals surface area contributed by atoms with Crippen molar-refractivity contribution in [1.82, 2.24) is 0 Å². The molecule has 9 heteroatoms. The number of nitrogens with zero attached hydrogens (tertiary/aromatic N) is 2. The standard InChI is InChI=1S/C27H21N3O4S2/c1-34-24-16-11-18(22-9-5-6-10-23(22)24)17-25-26(31)30(20-7-3-2-4-8-20)27(35-25)29-19-12-14-21(15-13-19)36(28,32)33/h2-17H,1H3,(H2,28,32,33)/b25-17?,29-27-. The van der Waals surface area contributed by atoms with E-state index in [-0.39, 0.29) is 10.8 Å². The van der Waals surface area contributed by atoms with Gasteiger partial charge in [0.15, 0.2) is 5.17 Å². The second-order valence-corrected chi connectivity index (χ2v) is 10.5. The molecule has 0 aliphatic carbocycles. The number of amides is 1. The highest BCUT2D eigenvalue weighted by molar-refractivity contribution is 8.19. The molecule has 180 valence electrons. The number of anilines is 1. The molecule has 1 saturated heterocycles. The van der Waals surface area contributed by atoms with E-state index in [1.807, 2.05) is 72.8 Å². The number of rotatable bonds is 5. The number of ether oxygens (including phenoxy) is 1. The SMILES string of the molecule is COc1ccc(C=C2S/C(=N\c3ccc(S(N)(=O)=O)cc3)N(c3ccccc3)C2=O)c2ccccc12. The summed E-state index contributed by atoms with van der Waals surface area (Å²) < 4.78 is 28.7. The summed E-state index contributed by atoms with van der Waals surface area (Å²) in [6.45, 7) is 0. The van der Waals surface area contributed by atoms with Crippen LogP contribution in [0.5, 0.6) is 5.75 Å². The monoisotopic (exact) mass is 515 g/mol. The molecule has 1 aliphatic rings. The zero-order chi connectivity index (χ0) is 25.3. The van der Waals surface area contributed by atoms with E-state index in [2.05, 4.69) is 4.99 Å². The van der Waals surface area contributed by atoms with Crippen molar-refractivity contribution in [2.75, 3.05) is 12.0 Å². The Bertz CT molecular complexity index is 1630. The van der Waals surface area contributed by atoms with Gasteiger partial charge in [-0.2, -0.15) is 0 Å². The Balaban J connectivity index is 1.59. The maximum Gasteiger partial charge on any atom is 0.271 e. The van der Waals surface area contributed by atoms with E-state index >= 15 is 0 Å². The third-order valence-corrected chi connectivity index (χ3v) is 7.53. The summed E-state index contributed by atoms with van der Waals surface area (Å²) in [6, 6.07) is 26.8. The number of methoxy groups -OCH3 is 1. The molecule has 1 amide bonds. The van der Waals surface area contributed by atoms with E-state index in [1.54, 1.807) is 24.1 Å². The normalized spacial score (nSPS) is 16.3. The number of carbonyl (C=O) groups is 1. The summed E-state index contributed by atoms with van der Waals surface area (Å²) in [5.41, 5.74) is 2.06. The van der Waals surface area contributed by atoms with Crippen molar-refractivity contribution in [2.24, 2.45) is 10.1 Å². The van der Waals surface area contributed by atoms with Crippen LogP contribution in [0.15, 0.2) is 106 Å². The Labute approximate surface area is 213 Å². The molecule has 2 N–H and O–H groups in total. The number of nitrogens with two attached hydrogens (primary N) is 1. The van der Waals surface area contributed by atoms with Crippen LogP contribution in [0.2, 0.25) is 0 Å². The van der Waals surface area contributed by atoms with E-state index in [1.165, 1.54) is 23.9 Å². The molecular weight excluding hydrogens is 494 g/mol. The van der Waals surface area contributed by atoms with Crippen molar-refractivity contribution in [3.05, 3.63) is 101 Å². The van der Waals surface area contributed by atoms with Gasteiger partial charge in [0.1, 0.15) is 5.75 Å². The van der Waals surface area contributed by atoms with Crippen LogP contribution in [0.1, 0.15) is 5.56 Å². The highest BCUT2D eigenvalue weighted by Gasteiger charge is 2.34. The van der Waals surface area contributed by atoms with Crippen molar-refractivity contribution >= 4 is 61.1 Å². The fraction of sp³-hybridized carbons (Fsp3) is 0.0370. The number of carbonyl (C=O) groups excluding carboxylic acids is 1. The largest absolute Gasteiger partial charge is 0.496 e. The molecule has 0 spiro atoms. The molecule has 4 aromatic carbocycles. The smallest absolute Gasteiger partial charge is 0.271 e. The summed E-state index contributed by atoms with van der Waals surface area (Å²) in [5, 5.41) is 7.58. The van der Waals surface area contributed by atoms with Gasteiger partial charge >= 0.3 is 0 Å². The molecule has 0 unspecified atom stereocenters. The number of thioether (sulfide) groups is 1. The zero-order valence-corrected chi connectivity index (χ0v) is 20.8. The van der Waals surface area contributed by atoms with Crippen molar-refractivity contribution < 1.29 is 17.9 Å². The van der Waals surface area contributed by atoms with Crippen LogP contribution in [0.3, 0.4) is 0 Å². The van der Waals surface area contributed by atoms with Gasteiger partial charge in [-0.3, -0.25) is 9.69 Å². The zero-order valence-electron chi connectivity index (χ0n) is 19.2. The molecule has 1 heterocycles. The lowest BCUT2D eigenvalue weighted by Crippen LogP contribution is -2.28. The van der Waals surface area contributed by atoms with E-state index in [9.17, 15) is 13.2 Å². The van der Waals surface area contributed by atoms with Gasteiger partial charge in [0.2, 0.25) is 10.0 Å². The lowest BCUT2D eigenvalue weighted by molar-refractivity contribution is -0.113. The molecule has 0 radical (unpaired) electrons. The lowest BCUT2D eigenvalue weighted by Gasteiger charge is -2.15. The highest BCUT2D eigenvalue weighted by atomic mass is 32.2. The van der Waals surface area contributed by atoms with Crippen LogP contribution >= 0.6 is 11.8 Å². The Morgan fingerprint density at radius 2 is 1.56 bits per heavy atom. The van der Waals surface area contributed by atoms with Crippen molar-refractivity contribution in [2.45, 2.75) is 4.90 Å². The minimum atomic E-state index is -3.81. The second-order valence-electron chi connectivity index (χ2n) is 7.92. The first kappa shape index (κ1) is 23.8. The minimum Gasteiger partial charge on any atom is -0.496 e. The lowest BCUT2D eigenvalue weighted by atomic mass is 10.0. The van der Waals surface area contributed by atoms with Crippen LogP contribution < -0.4 is 14.8 Å². The molecule has 7 nitrogen and oxygen atoms in total. The third-order valence-electron chi connectivity index (χ3n) is 5.64. The maximum absolute atomic E-state index is 13.6. The van der Waals surface area contributed by atoms with Crippen LogP contribution in [0.25, 0.3) is 16.8 Å². The Morgan fingerprint density at radius 1 is 0.889 bits per heavy atom. The molecule has 36 heavy (non-hydrogen) atoms. The molecule has 0 bridgehead atoms. The third kappa shape index (κ3) is 4.64. The first-order chi connectivity index (χ1) is 17.3. The molecule has 0 saturated carbocycles. The number of primary sulfonamides is 1. The van der Waals surface area contributed by atoms with Gasteiger partial charge in [0.25, 0.3) is 5.91 Å². The topological polar surface area (TPSA) is 102 Å². The first-order valence-electron chi connectivity index (χ1n) is 10.9. The van der Waals surface area contributed by atoms with Crippen LogP contribution in [-0.4, -0.2) is 26.6 Å². The van der Waals surface area contributed by atoms with Gasteiger partial charge in [-0.05, 0) is 71.3 Å². The van der Waals surface area contributed by atoms with Gasteiger partial charge in [-0.15, -0.1) is 0 Å². The van der Waals surface area contributed by atoms with Crippen molar-refractivity contribution in [3.63, 3.8) is 0 Å². The molecule has 5 rings (SSSR count). The van der Waals surface area contributed by atoms with Crippen LogP contribution in [0, 0.1) is 0 Å². The van der Waals surface area contributed by atoms with E-state index < -0.39 is 10.0 Å². The molecule has 4 aromatic rings. The quantitative estimate of drug-likeness (QED) is 0.363. The minimum absolute atomic E-state index is 0.00603. The summed E-state index contributed by atoms with van der Waals surface area (Å²) in [4.78, 5) is 20.3. The predicted molar refractivity (Wildman–Crippen MR) is 145 cm³/mol. The Hall–Kier alpha value is -3.92. The summed E-state index contributed by atoms with van der Waals surface area (Å²) in [6.07, 6.45) is 1.86. The summed E-state index contributed by atoms with van der Waals surface area (Å²) in [7, 11) is -2.18. The van der Waals surface area contributed by atoms with Gasteiger partial charge < -0.3 is 4.74 Å². The van der Waals surface area contributed by atoms with Crippen LogP contribution in [-0.2, 0) is 14.8 Å². The van der Waals surface area contributed by atoms with Crippen LogP contribution in [0.4, 0.5) is 11.4 Å². The van der Waals surface area contributed by atoms with Gasteiger partial charge in [-0.1, -0.05) is 48.5 Å². The average Bonchev–Trinajstić information content (AvgIpc) is 3.18. The molecule has 1 aliphatic heterocycles. The molecule has 0 atom stereocenters. The average molecular weight is 516 g/mol. The number of fused-ring (bicyclic) bond motifs is 1. The number of benzene rings is 4. The maximum atomic E-state index is 13.6. The van der Waals surface area contributed by atoms with Gasteiger partial charge in [0, 0.05) is 5.39 Å². The number of sulfonamides is 1. The number of aliphatic imine (C=N–C) groups is 1. The number of hydrogen-bond donors (Lipinski definition) is 1. The summed E-state index contributed by atoms with van der Waals surface area (Å²) in [5.74, 6) is 0.556. The van der Waals surface area contributed by atoms with Crippen molar-refractivity contribution in [1.29, 1.82) is 0 Å². The van der Waals surface area contributed by atoms with E-state index in [0.717, 1.165) is 22.1 Å². The highest BCUT2D eigenvalue weighted by Crippen LogP contribution is 2.39. The first-order valence-corrected chi connectivity index (χ1v) is 13.3. The number of para-hydroxylation sites is 1. The number of hydrogen-bond acceptors (Lipinski definition) is 6. The van der Waals surface area contributed by atoms with Gasteiger partial charge in [0.05, 0.1) is 28.3 Å².